The topological polar surface area (TPSA) is 54.3 Å². The van der Waals surface area contributed by atoms with Crippen LogP contribution in [-0.2, 0) is 6.54 Å². The fraction of sp³-hybridized carbons (Fsp3) is 0.500. The summed E-state index contributed by atoms with van der Waals surface area (Å²) >= 11 is 0. The van der Waals surface area contributed by atoms with Crippen LogP contribution in [0.15, 0.2) is 29.1 Å². The van der Waals surface area contributed by atoms with E-state index in [0.29, 0.717) is 13.1 Å². The summed E-state index contributed by atoms with van der Waals surface area (Å²) in [6, 6.07) is 7.79. The number of carbonyl (C=O) groups is 1. The van der Waals surface area contributed by atoms with Gasteiger partial charge in [-0.15, -0.1) is 0 Å². The van der Waals surface area contributed by atoms with Crippen LogP contribution < -0.4 is 10.9 Å². The van der Waals surface area contributed by atoms with E-state index in [4.69, 9.17) is 0 Å². The van der Waals surface area contributed by atoms with Crippen LogP contribution in [0.1, 0.15) is 43.1 Å². The predicted octanol–water partition coefficient (Wildman–Crippen LogP) is 2.79. The van der Waals surface area contributed by atoms with Gasteiger partial charge < -0.3 is 14.8 Å². The Kier molecular flexibility index (Phi) is 6.76. The summed E-state index contributed by atoms with van der Waals surface area (Å²) in [5, 5.41) is 3.88. The van der Waals surface area contributed by atoms with Crippen LogP contribution in [0.25, 0.3) is 10.9 Å². The molecule has 2 rings (SSSR count). The van der Waals surface area contributed by atoms with E-state index in [1.165, 1.54) is 0 Å². The van der Waals surface area contributed by atoms with Crippen LogP contribution in [0.3, 0.4) is 0 Å². The lowest BCUT2D eigenvalue weighted by molar-refractivity contribution is 0.0946. The maximum atomic E-state index is 12.9. The number of aromatic nitrogens is 1. The van der Waals surface area contributed by atoms with E-state index in [9.17, 15) is 9.59 Å². The molecule has 0 radical (unpaired) electrons. The molecule has 136 valence electrons. The maximum absolute atomic E-state index is 12.9. The Bertz CT molecular complexity index is 791. The fourth-order valence-electron chi connectivity index (χ4n) is 3.23. The number of hydrogen-bond donors (Lipinski definition) is 1. The second-order valence-electron chi connectivity index (χ2n) is 6.26. The molecule has 0 aliphatic heterocycles. The minimum atomic E-state index is -0.273. The van der Waals surface area contributed by atoms with Gasteiger partial charge in [-0.3, -0.25) is 9.59 Å². The highest BCUT2D eigenvalue weighted by atomic mass is 16.2. The van der Waals surface area contributed by atoms with E-state index in [1.54, 1.807) is 4.57 Å². The largest absolute Gasteiger partial charge is 0.351 e. The second kappa shape index (κ2) is 8.81. The molecule has 1 N–H and O–H groups in total. The standard InChI is InChI=1S/C20H29N3O2/c1-5-13-23-17-11-9-8-10-16(17)15(4)18(20(23)25)19(24)21-12-14-22(6-2)7-3/h8-11H,5-7,12-14H2,1-4H3,(H,21,24). The van der Waals surface area contributed by atoms with E-state index < -0.39 is 0 Å². The maximum Gasteiger partial charge on any atom is 0.264 e. The van der Waals surface area contributed by atoms with E-state index in [2.05, 4.69) is 24.1 Å². The Balaban J connectivity index is 2.37. The zero-order chi connectivity index (χ0) is 18.4. The van der Waals surface area contributed by atoms with Gasteiger partial charge in [-0.05, 0) is 38.1 Å². The molecule has 0 bridgehead atoms. The molecule has 25 heavy (non-hydrogen) atoms. The van der Waals surface area contributed by atoms with Gasteiger partial charge in [-0.25, -0.2) is 0 Å². The van der Waals surface area contributed by atoms with Crippen LogP contribution in [0.4, 0.5) is 0 Å². The van der Waals surface area contributed by atoms with Crippen molar-refractivity contribution in [1.82, 2.24) is 14.8 Å². The van der Waals surface area contributed by atoms with Gasteiger partial charge in [0.15, 0.2) is 0 Å². The zero-order valence-corrected chi connectivity index (χ0v) is 15.8. The molecule has 0 fully saturated rings. The molecule has 1 heterocycles. The number of pyridine rings is 1. The van der Waals surface area contributed by atoms with E-state index in [-0.39, 0.29) is 17.0 Å². The quantitative estimate of drug-likeness (QED) is 0.802. The first-order valence-electron chi connectivity index (χ1n) is 9.17. The zero-order valence-electron chi connectivity index (χ0n) is 15.8. The molecule has 2 aromatic rings. The van der Waals surface area contributed by atoms with Gasteiger partial charge in [0.05, 0.1) is 5.52 Å². The lowest BCUT2D eigenvalue weighted by Gasteiger charge is -2.19. The molecule has 0 spiro atoms. The van der Waals surface area contributed by atoms with Crippen molar-refractivity contribution in [2.75, 3.05) is 26.2 Å². The first-order chi connectivity index (χ1) is 12.0. The van der Waals surface area contributed by atoms with Gasteiger partial charge in [0, 0.05) is 25.0 Å². The van der Waals surface area contributed by atoms with Crippen molar-refractivity contribution in [2.24, 2.45) is 0 Å². The molecule has 1 aromatic carbocycles. The Hall–Kier alpha value is -2.14. The molecule has 0 aliphatic rings. The van der Waals surface area contributed by atoms with Gasteiger partial charge in [0.1, 0.15) is 5.56 Å². The van der Waals surface area contributed by atoms with Gasteiger partial charge in [0.2, 0.25) is 0 Å². The number of nitrogens with one attached hydrogen (secondary N) is 1. The van der Waals surface area contributed by atoms with Gasteiger partial charge in [-0.2, -0.15) is 0 Å². The molecule has 1 aromatic heterocycles. The molecule has 1 amide bonds. The lowest BCUT2D eigenvalue weighted by Crippen LogP contribution is -2.38. The van der Waals surface area contributed by atoms with Crippen molar-refractivity contribution in [2.45, 2.75) is 40.7 Å². The molecule has 5 nitrogen and oxygen atoms in total. The summed E-state index contributed by atoms with van der Waals surface area (Å²) in [6.07, 6.45) is 0.843. The molecule has 0 unspecified atom stereocenters. The van der Waals surface area contributed by atoms with Crippen LogP contribution in [-0.4, -0.2) is 41.6 Å². The average molecular weight is 343 g/mol. The Morgan fingerprint density at radius 3 is 2.48 bits per heavy atom. The highest BCUT2D eigenvalue weighted by Gasteiger charge is 2.19. The van der Waals surface area contributed by atoms with Crippen LogP contribution >= 0.6 is 0 Å². The first-order valence-corrected chi connectivity index (χ1v) is 9.17. The molecule has 0 saturated heterocycles. The van der Waals surface area contributed by atoms with Crippen molar-refractivity contribution in [1.29, 1.82) is 0 Å². The highest BCUT2D eigenvalue weighted by molar-refractivity contribution is 6.00. The van der Waals surface area contributed by atoms with Crippen LogP contribution in [0, 0.1) is 6.92 Å². The molecular formula is C20H29N3O2. The summed E-state index contributed by atoms with van der Waals surface area (Å²) in [5.74, 6) is -0.273. The monoisotopic (exact) mass is 343 g/mol. The van der Waals surface area contributed by atoms with Crippen molar-refractivity contribution >= 4 is 16.8 Å². The minimum Gasteiger partial charge on any atom is -0.351 e. The lowest BCUT2D eigenvalue weighted by atomic mass is 10.0. The number of fused-ring (bicyclic) bond motifs is 1. The van der Waals surface area contributed by atoms with Crippen LogP contribution in [0.2, 0.25) is 0 Å². The number of amides is 1. The minimum absolute atomic E-state index is 0.196. The summed E-state index contributed by atoms with van der Waals surface area (Å²) in [4.78, 5) is 27.9. The average Bonchev–Trinajstić information content (AvgIpc) is 2.62. The van der Waals surface area contributed by atoms with E-state index in [0.717, 1.165) is 42.5 Å². The third-order valence-corrected chi connectivity index (χ3v) is 4.72. The molecule has 0 atom stereocenters. The van der Waals surface area contributed by atoms with Gasteiger partial charge in [0.25, 0.3) is 11.5 Å². The van der Waals surface area contributed by atoms with Gasteiger partial charge in [-0.1, -0.05) is 39.0 Å². The number of benzene rings is 1. The van der Waals surface area contributed by atoms with E-state index in [1.807, 2.05) is 38.1 Å². The number of aryl methyl sites for hydroxylation is 2. The first kappa shape index (κ1) is 19.2. The summed E-state index contributed by atoms with van der Waals surface area (Å²) in [5.41, 5.74) is 1.73. The Morgan fingerprint density at radius 2 is 1.84 bits per heavy atom. The van der Waals surface area contributed by atoms with E-state index >= 15 is 0 Å². The molecule has 5 heteroatoms. The van der Waals surface area contributed by atoms with Crippen LogP contribution in [0.5, 0.6) is 0 Å². The number of likely N-dealkylation sites (N-methyl/N-ethyl adjacent to an activating group) is 1. The number of rotatable bonds is 8. The third-order valence-electron chi connectivity index (χ3n) is 4.72. The molecule has 0 aliphatic carbocycles. The third kappa shape index (κ3) is 4.10. The van der Waals surface area contributed by atoms with Gasteiger partial charge >= 0.3 is 0 Å². The Labute approximate surface area is 149 Å². The SMILES string of the molecule is CCCn1c(=O)c(C(=O)NCCN(CC)CC)c(C)c2ccccc21. The summed E-state index contributed by atoms with van der Waals surface area (Å²) < 4.78 is 1.72. The number of hydrogen-bond acceptors (Lipinski definition) is 3. The summed E-state index contributed by atoms with van der Waals surface area (Å²) in [7, 11) is 0. The highest BCUT2D eigenvalue weighted by Crippen LogP contribution is 2.19. The predicted molar refractivity (Wildman–Crippen MR) is 103 cm³/mol. The number of para-hydroxylation sites is 1. The van der Waals surface area contributed by atoms with Crippen molar-refractivity contribution in [3.05, 3.63) is 45.7 Å². The molecule has 0 saturated carbocycles. The fourth-order valence-corrected chi connectivity index (χ4v) is 3.23. The smallest absolute Gasteiger partial charge is 0.264 e. The Morgan fingerprint density at radius 1 is 1.16 bits per heavy atom. The second-order valence-corrected chi connectivity index (χ2v) is 6.26. The van der Waals surface area contributed by atoms with Crippen molar-refractivity contribution in [3.63, 3.8) is 0 Å². The van der Waals surface area contributed by atoms with Crippen molar-refractivity contribution in [3.8, 4) is 0 Å². The summed E-state index contributed by atoms with van der Waals surface area (Å²) in [6.45, 7) is 11.9. The molecular weight excluding hydrogens is 314 g/mol. The number of nitrogens with zero attached hydrogens (tertiary/aromatic N) is 2. The normalized spacial score (nSPS) is 11.2. The number of carbonyl (C=O) groups excluding carboxylic acids is 1. The van der Waals surface area contributed by atoms with Crippen molar-refractivity contribution < 1.29 is 4.79 Å².